The van der Waals surface area contributed by atoms with Crippen LogP contribution >= 0.6 is 39.5 Å². The molecule has 3 rings (SSSR count). The average molecular weight is 313 g/mol. The Balaban J connectivity index is 2.34. The Hall–Kier alpha value is -1.05. The molecule has 0 saturated carbocycles. The van der Waals surface area contributed by atoms with Gasteiger partial charge in [-0.15, -0.1) is 10.2 Å². The summed E-state index contributed by atoms with van der Waals surface area (Å²) in [6.45, 7) is 0. The van der Waals surface area contributed by atoms with Gasteiger partial charge in [-0.1, -0.05) is 39.4 Å². The van der Waals surface area contributed by atoms with E-state index in [0.717, 1.165) is 20.8 Å². The van der Waals surface area contributed by atoms with Crippen molar-refractivity contribution < 1.29 is 0 Å². The molecule has 0 aliphatic rings. The van der Waals surface area contributed by atoms with Crippen molar-refractivity contribution in [1.29, 1.82) is 0 Å². The molecule has 7 heteroatoms. The largest absolute Gasteiger partial charge is 0.271 e. The van der Waals surface area contributed by atoms with Crippen LogP contribution in [-0.4, -0.2) is 19.8 Å². The number of H-pyrrole nitrogens is 1. The molecule has 0 atom stereocenters. The Kier molecular flexibility index (Phi) is 2.38. The third-order valence-electron chi connectivity index (χ3n) is 2.14. The van der Waals surface area contributed by atoms with Gasteiger partial charge >= 0.3 is 0 Å². The molecule has 4 nitrogen and oxygen atoms in total. The van der Waals surface area contributed by atoms with E-state index >= 15 is 0 Å². The molecule has 0 amide bonds. The highest BCUT2D eigenvalue weighted by molar-refractivity contribution is 9.10. The summed E-state index contributed by atoms with van der Waals surface area (Å²) in [4.78, 5) is 0.774. The van der Waals surface area contributed by atoms with Crippen LogP contribution in [0.2, 0.25) is 0 Å². The predicted molar refractivity (Wildman–Crippen MR) is 69.2 cm³/mol. The van der Waals surface area contributed by atoms with Crippen LogP contribution in [0.15, 0.2) is 28.7 Å². The van der Waals surface area contributed by atoms with Gasteiger partial charge < -0.3 is 0 Å². The zero-order valence-electron chi connectivity index (χ0n) is 7.85. The third kappa shape index (κ3) is 1.51. The van der Waals surface area contributed by atoms with Crippen LogP contribution in [0.3, 0.4) is 0 Å². The standard InChI is InChI=1S/C9H5BrN4S2/c10-6-4-2-1-3-5(6)7-11-12-8-14(7)13-9(15)16-8/h1-4H,(H,13,15). The predicted octanol–water partition coefficient (Wildman–Crippen LogP) is 3.28. The second-order valence-corrected chi connectivity index (χ2v) is 5.62. The van der Waals surface area contributed by atoms with Crippen molar-refractivity contribution in [2.45, 2.75) is 0 Å². The van der Waals surface area contributed by atoms with Crippen LogP contribution < -0.4 is 0 Å². The molecule has 2 heterocycles. The Morgan fingerprint density at radius 2 is 2.12 bits per heavy atom. The first-order valence-electron chi connectivity index (χ1n) is 4.45. The Labute approximate surface area is 108 Å². The van der Waals surface area contributed by atoms with E-state index in [4.69, 9.17) is 12.2 Å². The van der Waals surface area contributed by atoms with E-state index in [0.29, 0.717) is 3.95 Å². The Bertz CT molecular complexity index is 711. The molecule has 1 N–H and O–H groups in total. The molecule has 2 aromatic heterocycles. The second kappa shape index (κ2) is 3.76. The van der Waals surface area contributed by atoms with Gasteiger partial charge in [-0.25, -0.2) is 4.52 Å². The number of nitrogens with one attached hydrogen (secondary N) is 1. The summed E-state index contributed by atoms with van der Waals surface area (Å²) in [6.07, 6.45) is 0. The monoisotopic (exact) mass is 312 g/mol. The van der Waals surface area contributed by atoms with Gasteiger partial charge in [0.2, 0.25) is 4.96 Å². The number of aromatic nitrogens is 4. The lowest BCUT2D eigenvalue weighted by atomic mass is 10.2. The highest BCUT2D eigenvalue weighted by Gasteiger charge is 2.11. The molecule has 80 valence electrons. The van der Waals surface area contributed by atoms with Gasteiger partial charge in [0.05, 0.1) is 0 Å². The number of nitrogens with zero attached hydrogens (tertiary/aromatic N) is 3. The first kappa shape index (κ1) is 10.1. The maximum Gasteiger partial charge on any atom is 0.234 e. The highest BCUT2D eigenvalue weighted by atomic mass is 79.9. The van der Waals surface area contributed by atoms with E-state index in [1.165, 1.54) is 11.3 Å². The summed E-state index contributed by atoms with van der Waals surface area (Å²) in [5.41, 5.74) is 0.985. The summed E-state index contributed by atoms with van der Waals surface area (Å²) in [7, 11) is 0. The smallest absolute Gasteiger partial charge is 0.234 e. The number of fused-ring (bicyclic) bond motifs is 1. The molecule has 0 fully saturated rings. The van der Waals surface area contributed by atoms with Gasteiger partial charge in [0.15, 0.2) is 9.78 Å². The van der Waals surface area contributed by atoms with Crippen LogP contribution in [0, 0.1) is 3.95 Å². The van der Waals surface area contributed by atoms with Crippen molar-refractivity contribution in [3.05, 3.63) is 32.7 Å². The number of hydrogen-bond donors (Lipinski definition) is 1. The molecule has 0 saturated heterocycles. The minimum absolute atomic E-state index is 0.693. The number of halogens is 1. The van der Waals surface area contributed by atoms with E-state index in [1.807, 2.05) is 24.3 Å². The second-order valence-electron chi connectivity index (χ2n) is 3.12. The number of hydrogen-bond acceptors (Lipinski definition) is 4. The normalized spacial score (nSPS) is 11.1. The molecular formula is C9H5BrN4S2. The van der Waals surface area contributed by atoms with E-state index in [2.05, 4.69) is 31.2 Å². The van der Waals surface area contributed by atoms with Crippen molar-refractivity contribution in [2.24, 2.45) is 0 Å². The molecule has 0 bridgehead atoms. The summed E-state index contributed by atoms with van der Waals surface area (Å²) < 4.78 is 3.47. The van der Waals surface area contributed by atoms with Crippen molar-refractivity contribution in [1.82, 2.24) is 19.8 Å². The Morgan fingerprint density at radius 1 is 1.31 bits per heavy atom. The molecule has 0 spiro atoms. The fourth-order valence-corrected chi connectivity index (χ4v) is 2.84. The molecule has 0 aliphatic heterocycles. The zero-order chi connectivity index (χ0) is 11.1. The van der Waals surface area contributed by atoms with Crippen LogP contribution in [0.4, 0.5) is 0 Å². The minimum Gasteiger partial charge on any atom is -0.271 e. The van der Waals surface area contributed by atoms with Crippen LogP contribution in [0.25, 0.3) is 16.3 Å². The molecular weight excluding hydrogens is 308 g/mol. The number of benzene rings is 1. The quantitative estimate of drug-likeness (QED) is 0.701. The Morgan fingerprint density at radius 3 is 2.94 bits per heavy atom. The van der Waals surface area contributed by atoms with Gasteiger partial charge in [0.1, 0.15) is 0 Å². The van der Waals surface area contributed by atoms with Gasteiger partial charge in [-0.2, -0.15) is 0 Å². The van der Waals surface area contributed by atoms with E-state index < -0.39 is 0 Å². The zero-order valence-corrected chi connectivity index (χ0v) is 11.1. The summed E-state index contributed by atoms with van der Waals surface area (Å²) in [6, 6.07) is 7.87. The van der Waals surface area contributed by atoms with Crippen molar-refractivity contribution >= 4 is 44.4 Å². The van der Waals surface area contributed by atoms with Gasteiger partial charge in [0, 0.05) is 10.0 Å². The summed E-state index contributed by atoms with van der Waals surface area (Å²) >= 11 is 9.97. The summed E-state index contributed by atoms with van der Waals surface area (Å²) in [5, 5.41) is 11.2. The topological polar surface area (TPSA) is 46.0 Å². The average Bonchev–Trinajstić information content (AvgIpc) is 2.78. The lowest BCUT2D eigenvalue weighted by molar-refractivity contribution is 0.957. The minimum atomic E-state index is 0.693. The van der Waals surface area contributed by atoms with E-state index in [-0.39, 0.29) is 0 Å². The maximum absolute atomic E-state index is 5.07. The van der Waals surface area contributed by atoms with Gasteiger partial charge in [-0.05, 0) is 24.4 Å². The highest BCUT2D eigenvalue weighted by Crippen LogP contribution is 2.27. The maximum atomic E-state index is 5.07. The van der Waals surface area contributed by atoms with E-state index in [9.17, 15) is 0 Å². The molecule has 16 heavy (non-hydrogen) atoms. The third-order valence-corrected chi connectivity index (χ3v) is 3.89. The van der Waals surface area contributed by atoms with Crippen molar-refractivity contribution in [2.75, 3.05) is 0 Å². The van der Waals surface area contributed by atoms with Crippen molar-refractivity contribution in [3.63, 3.8) is 0 Å². The molecule has 0 unspecified atom stereocenters. The van der Waals surface area contributed by atoms with Gasteiger partial charge in [0.25, 0.3) is 0 Å². The lowest BCUT2D eigenvalue weighted by Gasteiger charge is -1.99. The van der Waals surface area contributed by atoms with Crippen LogP contribution in [0.5, 0.6) is 0 Å². The van der Waals surface area contributed by atoms with E-state index in [1.54, 1.807) is 4.52 Å². The number of rotatable bonds is 1. The molecule has 0 radical (unpaired) electrons. The lowest BCUT2D eigenvalue weighted by Crippen LogP contribution is -1.90. The van der Waals surface area contributed by atoms with Crippen LogP contribution in [0.1, 0.15) is 0 Å². The first-order chi connectivity index (χ1) is 7.75. The van der Waals surface area contributed by atoms with Crippen molar-refractivity contribution in [3.8, 4) is 11.4 Å². The SMILES string of the molecule is S=c1[nH]n2c(-c3ccccc3Br)nnc2s1. The molecule has 0 aliphatic carbocycles. The summed E-state index contributed by atoms with van der Waals surface area (Å²) in [5.74, 6) is 0.759. The molecule has 1 aromatic carbocycles. The first-order valence-corrected chi connectivity index (χ1v) is 6.46. The van der Waals surface area contributed by atoms with Gasteiger partial charge in [-0.3, -0.25) is 5.10 Å². The number of aromatic amines is 1. The van der Waals surface area contributed by atoms with Crippen LogP contribution in [-0.2, 0) is 0 Å². The molecule has 3 aromatic rings. The fourth-order valence-electron chi connectivity index (χ4n) is 1.45. The fraction of sp³-hybridized carbons (Fsp3) is 0.